The van der Waals surface area contributed by atoms with E-state index < -0.39 is 6.09 Å². The minimum atomic E-state index is -0.441. The fraction of sp³-hybridized carbons (Fsp3) is 0.333. The van der Waals surface area contributed by atoms with Crippen LogP contribution in [-0.2, 0) is 6.54 Å². The summed E-state index contributed by atoms with van der Waals surface area (Å²) in [5.41, 5.74) is 1.68. The Labute approximate surface area is 200 Å². The molecule has 0 saturated carbocycles. The van der Waals surface area contributed by atoms with Crippen LogP contribution >= 0.6 is 22.9 Å². The number of rotatable bonds is 6. The van der Waals surface area contributed by atoms with Gasteiger partial charge in [0.1, 0.15) is 5.69 Å². The second kappa shape index (κ2) is 9.21. The summed E-state index contributed by atoms with van der Waals surface area (Å²) >= 11 is 7.48. The summed E-state index contributed by atoms with van der Waals surface area (Å²) in [6.07, 6.45) is 0.480. The highest BCUT2D eigenvalue weighted by molar-refractivity contribution is 7.19. The monoisotopic (exact) mass is 484 g/mol. The molecule has 4 heterocycles. The van der Waals surface area contributed by atoms with Crippen LogP contribution in [0.2, 0.25) is 4.34 Å². The third-order valence-electron chi connectivity index (χ3n) is 5.94. The third-order valence-corrected chi connectivity index (χ3v) is 7.18. The molecule has 1 atom stereocenters. The highest BCUT2D eigenvalue weighted by atomic mass is 35.5. The van der Waals surface area contributed by atoms with E-state index in [1.807, 2.05) is 53.1 Å². The van der Waals surface area contributed by atoms with Crippen LogP contribution in [0.3, 0.4) is 0 Å². The van der Waals surface area contributed by atoms with Crippen LogP contribution in [0.5, 0.6) is 5.88 Å². The Morgan fingerprint density at radius 2 is 2.15 bits per heavy atom. The molecule has 0 unspecified atom stereocenters. The van der Waals surface area contributed by atoms with Gasteiger partial charge >= 0.3 is 6.09 Å². The third kappa shape index (κ3) is 4.78. The van der Waals surface area contributed by atoms with E-state index in [4.69, 9.17) is 20.9 Å². The van der Waals surface area contributed by atoms with Gasteiger partial charge in [-0.3, -0.25) is 4.90 Å². The van der Waals surface area contributed by atoms with Crippen molar-refractivity contribution in [3.63, 3.8) is 0 Å². The molecule has 1 aliphatic rings. The number of nitrogens with one attached hydrogen (secondary N) is 1. The zero-order valence-electron chi connectivity index (χ0n) is 18.5. The molecule has 1 aromatic carbocycles. The van der Waals surface area contributed by atoms with Gasteiger partial charge in [-0.2, -0.15) is 0 Å². The molecule has 172 valence electrons. The number of amides is 1. The van der Waals surface area contributed by atoms with Gasteiger partial charge in [-0.25, -0.2) is 4.79 Å². The van der Waals surface area contributed by atoms with Crippen molar-refractivity contribution in [3.8, 4) is 16.5 Å². The van der Waals surface area contributed by atoms with Gasteiger partial charge in [0.05, 0.1) is 21.3 Å². The number of para-hydroxylation sites is 1. The summed E-state index contributed by atoms with van der Waals surface area (Å²) in [5.74, 6) is 1.13. The quantitative estimate of drug-likeness (QED) is 0.384. The van der Waals surface area contributed by atoms with Crippen LogP contribution in [0.15, 0.2) is 53.1 Å². The van der Waals surface area contributed by atoms with E-state index in [1.165, 1.54) is 11.3 Å². The fourth-order valence-electron chi connectivity index (χ4n) is 4.21. The molecule has 3 aromatic heterocycles. The molecule has 1 N–H and O–H groups in total. The Bertz CT molecular complexity index is 1280. The number of carbonyl (C=O) groups is 1. The lowest BCUT2D eigenvalue weighted by Crippen LogP contribution is -2.40. The van der Waals surface area contributed by atoms with Crippen LogP contribution in [-0.4, -0.2) is 45.9 Å². The largest absolute Gasteiger partial charge is 0.414 e. The first kappa shape index (κ1) is 22.0. The van der Waals surface area contributed by atoms with E-state index in [1.54, 1.807) is 0 Å². The number of ether oxygens (including phenoxy) is 1. The standard InChI is InChI=1S/C24H25ClN4O3S/c1-15(2)28-10-9-17(13-28)26-24(30)31-23-11-16-5-3-4-6-19(16)29(23)14-18-12-20(32-27-18)21-7-8-22(25)33-21/h3-8,11-12,15,17H,9-10,13-14H2,1-2H3,(H,26,30)/t17-/m0/s1. The molecule has 33 heavy (non-hydrogen) atoms. The zero-order valence-corrected chi connectivity index (χ0v) is 20.0. The van der Waals surface area contributed by atoms with Crippen LogP contribution in [0, 0.1) is 0 Å². The predicted molar refractivity (Wildman–Crippen MR) is 130 cm³/mol. The average molecular weight is 485 g/mol. The van der Waals surface area contributed by atoms with Gasteiger partial charge in [0.2, 0.25) is 5.88 Å². The molecule has 4 aromatic rings. The molecule has 0 aliphatic carbocycles. The second-order valence-electron chi connectivity index (χ2n) is 8.52. The summed E-state index contributed by atoms with van der Waals surface area (Å²) in [6, 6.07) is 16.0. The number of benzene rings is 1. The maximum absolute atomic E-state index is 12.7. The number of thiophene rings is 1. The van der Waals surface area contributed by atoms with E-state index in [2.05, 4.69) is 29.2 Å². The van der Waals surface area contributed by atoms with Crippen molar-refractivity contribution in [2.45, 2.75) is 38.9 Å². The predicted octanol–water partition coefficient (Wildman–Crippen LogP) is 5.63. The number of carbonyl (C=O) groups excluding carboxylic acids is 1. The molecule has 1 fully saturated rings. The number of halogens is 1. The molecular weight excluding hydrogens is 460 g/mol. The van der Waals surface area contributed by atoms with Gasteiger partial charge in [0, 0.05) is 42.7 Å². The Hall–Kier alpha value is -2.81. The van der Waals surface area contributed by atoms with E-state index in [0.29, 0.717) is 28.6 Å². The minimum absolute atomic E-state index is 0.0912. The molecule has 1 amide bonds. The Balaban J connectivity index is 1.35. The second-order valence-corrected chi connectivity index (χ2v) is 10.2. The molecule has 0 bridgehead atoms. The minimum Gasteiger partial charge on any atom is -0.393 e. The number of aromatic nitrogens is 2. The van der Waals surface area contributed by atoms with Crippen LogP contribution in [0.1, 0.15) is 26.0 Å². The topological polar surface area (TPSA) is 72.5 Å². The number of fused-ring (bicyclic) bond motifs is 1. The average Bonchev–Trinajstić information content (AvgIpc) is 3.56. The van der Waals surface area contributed by atoms with Crippen molar-refractivity contribution in [3.05, 3.63) is 58.6 Å². The van der Waals surface area contributed by atoms with Crippen molar-refractivity contribution in [2.24, 2.45) is 0 Å². The van der Waals surface area contributed by atoms with Gasteiger partial charge in [0.25, 0.3) is 0 Å². The Morgan fingerprint density at radius 1 is 1.30 bits per heavy atom. The lowest BCUT2D eigenvalue weighted by Gasteiger charge is -2.20. The van der Waals surface area contributed by atoms with Crippen molar-refractivity contribution in [2.75, 3.05) is 13.1 Å². The smallest absolute Gasteiger partial charge is 0.393 e. The fourth-order valence-corrected chi connectivity index (χ4v) is 5.20. The lowest BCUT2D eigenvalue weighted by atomic mass is 10.2. The van der Waals surface area contributed by atoms with Gasteiger partial charge < -0.3 is 19.1 Å². The molecule has 5 rings (SSSR count). The van der Waals surface area contributed by atoms with E-state index >= 15 is 0 Å². The normalized spacial score (nSPS) is 16.7. The molecular formula is C24H25ClN4O3S. The summed E-state index contributed by atoms with van der Waals surface area (Å²) in [6.45, 7) is 6.56. The number of likely N-dealkylation sites (tertiary alicyclic amines) is 1. The molecule has 0 spiro atoms. The van der Waals surface area contributed by atoms with Crippen molar-refractivity contribution < 1.29 is 14.1 Å². The van der Waals surface area contributed by atoms with Gasteiger partial charge in [-0.05, 0) is 38.5 Å². The number of nitrogens with zero attached hydrogens (tertiary/aromatic N) is 3. The van der Waals surface area contributed by atoms with Gasteiger partial charge in [-0.15, -0.1) is 11.3 Å². The van der Waals surface area contributed by atoms with Crippen LogP contribution in [0.4, 0.5) is 4.79 Å². The summed E-state index contributed by atoms with van der Waals surface area (Å²) in [5, 5.41) is 8.22. The summed E-state index contributed by atoms with van der Waals surface area (Å²) < 4.78 is 13.9. The molecule has 7 nitrogen and oxygen atoms in total. The van der Waals surface area contributed by atoms with Crippen LogP contribution < -0.4 is 10.1 Å². The van der Waals surface area contributed by atoms with Crippen LogP contribution in [0.25, 0.3) is 21.5 Å². The van der Waals surface area contributed by atoms with Gasteiger partial charge in [0.15, 0.2) is 5.76 Å². The van der Waals surface area contributed by atoms with Crippen molar-refractivity contribution >= 4 is 39.9 Å². The Morgan fingerprint density at radius 3 is 2.91 bits per heavy atom. The number of hydrogen-bond acceptors (Lipinski definition) is 6. The van der Waals surface area contributed by atoms with Crippen molar-refractivity contribution in [1.82, 2.24) is 19.9 Å². The number of hydrogen-bond donors (Lipinski definition) is 1. The molecule has 1 saturated heterocycles. The maximum Gasteiger partial charge on any atom is 0.414 e. The molecule has 9 heteroatoms. The summed E-state index contributed by atoms with van der Waals surface area (Å²) in [7, 11) is 0. The van der Waals surface area contributed by atoms with E-state index in [0.717, 1.165) is 41.0 Å². The van der Waals surface area contributed by atoms with E-state index in [-0.39, 0.29) is 6.04 Å². The SMILES string of the molecule is CC(C)N1CC[C@H](NC(=O)Oc2cc3ccccc3n2Cc2cc(-c3ccc(Cl)s3)on2)C1. The Kier molecular flexibility index (Phi) is 6.14. The van der Waals surface area contributed by atoms with E-state index in [9.17, 15) is 4.79 Å². The lowest BCUT2D eigenvalue weighted by molar-refractivity contribution is 0.191. The first-order valence-electron chi connectivity index (χ1n) is 11.0. The highest BCUT2D eigenvalue weighted by Gasteiger charge is 2.26. The maximum atomic E-state index is 12.7. The molecule has 0 radical (unpaired) electrons. The first-order valence-corrected chi connectivity index (χ1v) is 12.2. The first-order chi connectivity index (χ1) is 16.0. The van der Waals surface area contributed by atoms with Gasteiger partial charge in [-0.1, -0.05) is 35.0 Å². The molecule has 1 aliphatic heterocycles. The summed E-state index contributed by atoms with van der Waals surface area (Å²) in [4.78, 5) is 16.0. The highest BCUT2D eigenvalue weighted by Crippen LogP contribution is 2.32. The zero-order chi connectivity index (χ0) is 22.9. The van der Waals surface area contributed by atoms with Crippen molar-refractivity contribution in [1.29, 1.82) is 0 Å².